The molecule has 1 aromatic heterocycles. The van der Waals surface area contributed by atoms with Crippen LogP contribution in [0.25, 0.3) is 0 Å². The predicted octanol–water partition coefficient (Wildman–Crippen LogP) is 2.82. The van der Waals surface area contributed by atoms with E-state index in [4.69, 9.17) is 0 Å². The first kappa shape index (κ1) is 16.8. The van der Waals surface area contributed by atoms with Crippen molar-refractivity contribution in [2.45, 2.75) is 44.2 Å². The van der Waals surface area contributed by atoms with Gasteiger partial charge in [-0.1, -0.05) is 17.7 Å². The van der Waals surface area contributed by atoms with Gasteiger partial charge in [0.15, 0.2) is 0 Å². The first-order valence-electron chi connectivity index (χ1n) is 8.27. The van der Waals surface area contributed by atoms with Gasteiger partial charge in [0.25, 0.3) is 0 Å². The van der Waals surface area contributed by atoms with E-state index in [1.54, 1.807) is 11.8 Å². The summed E-state index contributed by atoms with van der Waals surface area (Å²) in [6, 6.07) is 8.23. The lowest BCUT2D eigenvalue weighted by Gasteiger charge is -2.23. The summed E-state index contributed by atoms with van der Waals surface area (Å²) in [5.74, 6) is 2.47. The van der Waals surface area contributed by atoms with Crippen LogP contribution in [0.5, 0.6) is 0 Å². The Morgan fingerprint density at radius 2 is 2.12 bits per heavy atom. The van der Waals surface area contributed by atoms with Crippen LogP contribution in [0.3, 0.4) is 0 Å². The van der Waals surface area contributed by atoms with Gasteiger partial charge in [0, 0.05) is 23.7 Å². The van der Waals surface area contributed by atoms with Gasteiger partial charge in [0.2, 0.25) is 0 Å². The van der Waals surface area contributed by atoms with Crippen LogP contribution in [0.2, 0.25) is 0 Å². The van der Waals surface area contributed by atoms with E-state index in [0.717, 1.165) is 36.8 Å². The van der Waals surface area contributed by atoms with E-state index in [9.17, 15) is 4.79 Å². The zero-order chi connectivity index (χ0) is 16.9. The van der Waals surface area contributed by atoms with Crippen LogP contribution in [0.4, 0.5) is 4.79 Å². The summed E-state index contributed by atoms with van der Waals surface area (Å²) in [5, 5.41) is 10.3. The van der Waals surface area contributed by atoms with Crippen molar-refractivity contribution in [2.75, 3.05) is 12.3 Å². The number of hydrogen-bond acceptors (Lipinski definition) is 4. The monoisotopic (exact) mass is 345 g/mol. The molecule has 1 atom stereocenters. The average Bonchev–Trinajstić information content (AvgIpc) is 2.95. The number of hydrogen-bond donors (Lipinski definition) is 2. The van der Waals surface area contributed by atoms with Gasteiger partial charge in [-0.3, -0.25) is 0 Å². The molecule has 24 heavy (non-hydrogen) atoms. The summed E-state index contributed by atoms with van der Waals surface area (Å²) in [6.45, 7) is 5.46. The van der Waals surface area contributed by atoms with Crippen LogP contribution < -0.4 is 10.6 Å². The number of carbonyl (C=O) groups excluding carboxylic acids is 1. The molecule has 1 aliphatic rings. The van der Waals surface area contributed by atoms with Crippen LogP contribution in [0.15, 0.2) is 29.2 Å². The molecule has 7 heteroatoms. The first-order valence-corrected chi connectivity index (χ1v) is 9.25. The highest BCUT2D eigenvalue weighted by atomic mass is 32.2. The topological polar surface area (TPSA) is 71.8 Å². The number of benzene rings is 1. The van der Waals surface area contributed by atoms with Crippen molar-refractivity contribution in [1.82, 2.24) is 25.4 Å². The minimum atomic E-state index is -0.140. The second-order valence-electron chi connectivity index (χ2n) is 6.00. The SMILES string of the molecule is Cc1ccc(SCCNC(=O)N[C@H]2CCCn3nc(C)nc32)cc1. The lowest BCUT2D eigenvalue weighted by Crippen LogP contribution is -2.41. The number of thioether (sulfide) groups is 1. The molecule has 0 saturated heterocycles. The van der Waals surface area contributed by atoms with Gasteiger partial charge in [0.1, 0.15) is 11.6 Å². The number of amides is 2. The second kappa shape index (κ2) is 7.70. The Morgan fingerprint density at radius 3 is 2.92 bits per heavy atom. The van der Waals surface area contributed by atoms with Gasteiger partial charge in [-0.25, -0.2) is 14.5 Å². The summed E-state index contributed by atoms with van der Waals surface area (Å²) in [6.07, 6.45) is 1.91. The summed E-state index contributed by atoms with van der Waals surface area (Å²) in [5.41, 5.74) is 1.26. The van der Waals surface area contributed by atoms with Gasteiger partial charge in [0.05, 0.1) is 6.04 Å². The molecule has 0 bridgehead atoms. The molecule has 2 N–H and O–H groups in total. The molecule has 2 heterocycles. The lowest BCUT2D eigenvalue weighted by atomic mass is 10.1. The fourth-order valence-corrected chi connectivity index (χ4v) is 3.55. The fraction of sp³-hybridized carbons (Fsp3) is 0.471. The Morgan fingerprint density at radius 1 is 1.33 bits per heavy atom. The second-order valence-corrected chi connectivity index (χ2v) is 7.17. The molecule has 0 spiro atoms. The molecule has 1 aromatic carbocycles. The third-order valence-corrected chi connectivity index (χ3v) is 4.98. The van der Waals surface area contributed by atoms with Crippen molar-refractivity contribution in [2.24, 2.45) is 0 Å². The van der Waals surface area contributed by atoms with E-state index < -0.39 is 0 Å². The molecule has 0 fully saturated rings. The van der Waals surface area contributed by atoms with Crippen molar-refractivity contribution >= 4 is 17.8 Å². The zero-order valence-electron chi connectivity index (χ0n) is 14.1. The van der Waals surface area contributed by atoms with Crippen molar-refractivity contribution < 1.29 is 4.79 Å². The highest BCUT2D eigenvalue weighted by molar-refractivity contribution is 7.99. The standard InChI is InChI=1S/C17H23N5OS/c1-12-5-7-14(8-6-12)24-11-9-18-17(23)20-15-4-3-10-22-16(15)19-13(2)21-22/h5-8,15H,3-4,9-11H2,1-2H3,(H2,18,20,23)/t15-/m0/s1. The summed E-state index contributed by atoms with van der Waals surface area (Å²) < 4.78 is 1.90. The number of nitrogens with one attached hydrogen (secondary N) is 2. The van der Waals surface area contributed by atoms with Crippen LogP contribution in [-0.4, -0.2) is 33.1 Å². The fourth-order valence-electron chi connectivity index (χ4n) is 2.78. The number of nitrogens with zero attached hydrogens (tertiary/aromatic N) is 3. The maximum Gasteiger partial charge on any atom is 0.315 e. The highest BCUT2D eigenvalue weighted by Crippen LogP contribution is 2.22. The third-order valence-electron chi connectivity index (χ3n) is 3.96. The Bertz CT molecular complexity index is 698. The maximum atomic E-state index is 12.1. The van der Waals surface area contributed by atoms with Crippen molar-refractivity contribution in [1.29, 1.82) is 0 Å². The molecule has 0 unspecified atom stereocenters. The molecule has 0 aliphatic carbocycles. The zero-order valence-corrected chi connectivity index (χ0v) is 14.9. The van der Waals surface area contributed by atoms with Gasteiger partial charge < -0.3 is 10.6 Å². The van der Waals surface area contributed by atoms with Gasteiger partial charge in [-0.15, -0.1) is 11.8 Å². The van der Waals surface area contributed by atoms with E-state index in [1.807, 2.05) is 11.6 Å². The van der Waals surface area contributed by atoms with Crippen LogP contribution in [0, 0.1) is 13.8 Å². The third kappa shape index (κ3) is 4.29. The van der Waals surface area contributed by atoms with Crippen molar-refractivity contribution in [3.05, 3.63) is 41.5 Å². The quantitative estimate of drug-likeness (QED) is 0.646. The van der Waals surface area contributed by atoms with Gasteiger partial charge in [-0.2, -0.15) is 5.10 Å². The van der Waals surface area contributed by atoms with Crippen molar-refractivity contribution in [3.63, 3.8) is 0 Å². The van der Waals surface area contributed by atoms with Crippen LogP contribution in [-0.2, 0) is 6.54 Å². The molecule has 128 valence electrons. The van der Waals surface area contributed by atoms with E-state index in [-0.39, 0.29) is 12.1 Å². The molecule has 1 aliphatic heterocycles. The molecular formula is C17H23N5OS. The van der Waals surface area contributed by atoms with Gasteiger partial charge in [-0.05, 0) is 38.8 Å². The number of rotatable bonds is 5. The maximum absolute atomic E-state index is 12.1. The lowest BCUT2D eigenvalue weighted by molar-refractivity contribution is 0.233. The number of urea groups is 1. The van der Waals surface area contributed by atoms with E-state index in [2.05, 4.69) is 51.9 Å². The molecular weight excluding hydrogens is 322 g/mol. The smallest absolute Gasteiger partial charge is 0.315 e. The molecule has 3 rings (SSSR count). The minimum Gasteiger partial charge on any atom is -0.337 e. The Kier molecular flexibility index (Phi) is 5.40. The Balaban J connectivity index is 1.42. The molecule has 0 saturated carbocycles. The number of fused-ring (bicyclic) bond motifs is 1. The average molecular weight is 345 g/mol. The van der Waals surface area contributed by atoms with E-state index >= 15 is 0 Å². The number of carbonyl (C=O) groups is 1. The Hall–Kier alpha value is -2.02. The molecule has 2 aromatic rings. The number of aromatic nitrogens is 3. The van der Waals surface area contributed by atoms with E-state index in [1.165, 1.54) is 10.5 Å². The largest absolute Gasteiger partial charge is 0.337 e. The molecule has 6 nitrogen and oxygen atoms in total. The van der Waals surface area contributed by atoms with Crippen LogP contribution >= 0.6 is 11.8 Å². The Labute approximate surface area is 146 Å². The van der Waals surface area contributed by atoms with Crippen LogP contribution in [0.1, 0.15) is 36.1 Å². The van der Waals surface area contributed by atoms with E-state index in [0.29, 0.717) is 6.54 Å². The number of aryl methyl sites for hydroxylation is 3. The summed E-state index contributed by atoms with van der Waals surface area (Å²) >= 11 is 1.74. The normalized spacial score (nSPS) is 16.5. The first-order chi connectivity index (χ1) is 11.6. The minimum absolute atomic E-state index is 0.0512. The van der Waals surface area contributed by atoms with Crippen molar-refractivity contribution in [3.8, 4) is 0 Å². The van der Waals surface area contributed by atoms with Gasteiger partial charge >= 0.3 is 6.03 Å². The summed E-state index contributed by atoms with van der Waals surface area (Å²) in [4.78, 5) is 17.8. The molecule has 0 radical (unpaired) electrons. The highest BCUT2D eigenvalue weighted by Gasteiger charge is 2.24. The summed E-state index contributed by atoms with van der Waals surface area (Å²) in [7, 11) is 0. The molecule has 2 amide bonds. The predicted molar refractivity (Wildman–Crippen MR) is 95.2 cm³/mol.